The van der Waals surface area contributed by atoms with Gasteiger partial charge in [0.1, 0.15) is 5.82 Å². The Bertz CT molecular complexity index is 720. The van der Waals surface area contributed by atoms with Gasteiger partial charge in [0, 0.05) is 30.5 Å². The van der Waals surface area contributed by atoms with Gasteiger partial charge in [-0.15, -0.1) is 0 Å². The first-order valence-electron chi connectivity index (χ1n) is 8.52. The van der Waals surface area contributed by atoms with Crippen molar-refractivity contribution < 1.29 is 9.90 Å². The average molecular weight is 345 g/mol. The van der Waals surface area contributed by atoms with Crippen molar-refractivity contribution in [1.29, 1.82) is 0 Å². The van der Waals surface area contributed by atoms with Gasteiger partial charge in [-0.1, -0.05) is 25.1 Å². The summed E-state index contributed by atoms with van der Waals surface area (Å²) in [5, 5.41) is 16.3. The lowest BCUT2D eigenvalue weighted by molar-refractivity contribution is 0.0942. The summed E-state index contributed by atoms with van der Waals surface area (Å²) < 4.78 is 0. The van der Waals surface area contributed by atoms with Crippen molar-refractivity contribution in [2.24, 2.45) is 17.4 Å². The first-order valence-corrected chi connectivity index (χ1v) is 8.52. The van der Waals surface area contributed by atoms with Gasteiger partial charge >= 0.3 is 0 Å². The monoisotopic (exact) mass is 345 g/mol. The number of rotatable bonds is 8. The van der Waals surface area contributed by atoms with E-state index in [2.05, 4.69) is 15.6 Å². The molecule has 2 aromatic rings. The zero-order valence-corrected chi connectivity index (χ0v) is 14.7. The van der Waals surface area contributed by atoms with Crippen LogP contribution in [-0.2, 0) is 0 Å². The Morgan fingerprint density at radius 1 is 1.32 bits per heavy atom. The molecule has 7 N–H and O–H groups in total. The predicted molar refractivity (Wildman–Crippen MR) is 100 cm³/mol. The number of carbonyl (C=O) groups is 1. The number of nitrogens with one attached hydrogen (secondary N) is 2. The lowest BCUT2D eigenvalue weighted by atomic mass is 9.99. The van der Waals surface area contributed by atoms with Gasteiger partial charge < -0.3 is 27.2 Å². The number of nitrogens with zero attached hydrogens (tertiary/aromatic N) is 1. The zero-order chi connectivity index (χ0) is 18.4. The van der Waals surface area contributed by atoms with E-state index >= 15 is 0 Å². The summed E-state index contributed by atoms with van der Waals surface area (Å²) in [6.07, 6.45) is 0.293. The van der Waals surface area contributed by atoms with Crippen LogP contribution in [0.4, 0.5) is 5.82 Å². The maximum atomic E-state index is 12.5. The van der Waals surface area contributed by atoms with Crippen molar-refractivity contribution >= 4 is 22.6 Å². The molecule has 1 amide bonds. The number of amides is 1. The highest BCUT2D eigenvalue weighted by Crippen LogP contribution is 2.21. The highest BCUT2D eigenvalue weighted by Gasteiger charge is 2.19. The van der Waals surface area contributed by atoms with E-state index in [4.69, 9.17) is 11.5 Å². The summed E-state index contributed by atoms with van der Waals surface area (Å²) in [4.78, 5) is 17.0. The second-order valence-electron chi connectivity index (χ2n) is 6.24. The van der Waals surface area contributed by atoms with Gasteiger partial charge in [0.25, 0.3) is 5.91 Å². The van der Waals surface area contributed by atoms with Gasteiger partial charge in [-0.25, -0.2) is 4.98 Å². The number of para-hydroxylation sites is 1. The molecule has 1 aromatic carbocycles. The first-order chi connectivity index (χ1) is 12.0. The normalized spacial score (nSPS) is 14.8. The molecule has 0 spiro atoms. The van der Waals surface area contributed by atoms with Crippen LogP contribution in [0.1, 0.15) is 30.6 Å². The number of carbonyl (C=O) groups excluding carboxylic acids is 1. The van der Waals surface area contributed by atoms with Crippen molar-refractivity contribution in [2.45, 2.75) is 32.5 Å². The number of hydrogen-bond acceptors (Lipinski definition) is 6. The minimum Gasteiger partial charge on any atom is -0.396 e. The van der Waals surface area contributed by atoms with Crippen LogP contribution in [0.5, 0.6) is 0 Å². The summed E-state index contributed by atoms with van der Waals surface area (Å²) in [7, 11) is 0. The number of aliphatic hydroxyl groups is 1. The molecule has 136 valence electrons. The predicted octanol–water partition coefficient (Wildman–Crippen LogP) is 1.03. The number of hydrogen-bond donors (Lipinski definition) is 5. The largest absolute Gasteiger partial charge is 0.396 e. The molecule has 2 rings (SSSR count). The van der Waals surface area contributed by atoms with E-state index in [1.54, 1.807) is 13.0 Å². The zero-order valence-electron chi connectivity index (χ0n) is 14.7. The molecule has 0 aliphatic heterocycles. The van der Waals surface area contributed by atoms with Gasteiger partial charge in [-0.2, -0.15) is 0 Å². The molecule has 0 radical (unpaired) electrons. The van der Waals surface area contributed by atoms with Crippen LogP contribution in [0.15, 0.2) is 30.3 Å². The molecule has 3 atom stereocenters. The molecule has 7 heteroatoms. The molecule has 7 nitrogen and oxygen atoms in total. The van der Waals surface area contributed by atoms with Crippen LogP contribution in [0.3, 0.4) is 0 Å². The molecular formula is C18H27N5O2. The van der Waals surface area contributed by atoms with Crippen LogP contribution >= 0.6 is 0 Å². The highest BCUT2D eigenvalue weighted by molar-refractivity contribution is 6.02. The minimum absolute atomic E-state index is 0.0308. The average Bonchev–Trinajstić information content (AvgIpc) is 2.60. The Labute approximate surface area is 147 Å². The lowest BCUT2D eigenvalue weighted by Gasteiger charge is -2.22. The third-order valence-electron chi connectivity index (χ3n) is 4.17. The van der Waals surface area contributed by atoms with Crippen LogP contribution in [0.25, 0.3) is 10.9 Å². The van der Waals surface area contributed by atoms with E-state index < -0.39 is 6.17 Å². The number of nitrogens with two attached hydrogens (primary N) is 2. The number of aromatic nitrogens is 1. The molecule has 25 heavy (non-hydrogen) atoms. The molecule has 3 unspecified atom stereocenters. The van der Waals surface area contributed by atoms with Crippen molar-refractivity contribution in [2.75, 3.05) is 18.5 Å². The number of fused-ring (bicyclic) bond motifs is 1. The summed E-state index contributed by atoms with van der Waals surface area (Å²) in [5.74, 6) is 0.0392. The number of aliphatic hydroxyl groups excluding tert-OH is 1. The maximum absolute atomic E-state index is 12.5. The lowest BCUT2D eigenvalue weighted by Crippen LogP contribution is -2.39. The van der Waals surface area contributed by atoms with E-state index in [-0.39, 0.29) is 24.5 Å². The molecule has 0 saturated carbocycles. The Morgan fingerprint density at radius 2 is 2.04 bits per heavy atom. The van der Waals surface area contributed by atoms with Crippen LogP contribution in [0.2, 0.25) is 0 Å². The number of anilines is 1. The smallest absolute Gasteiger partial charge is 0.256 e. The van der Waals surface area contributed by atoms with Crippen molar-refractivity contribution in [1.82, 2.24) is 10.3 Å². The molecular weight excluding hydrogens is 318 g/mol. The Hall–Kier alpha value is -2.22. The topological polar surface area (TPSA) is 126 Å². The van der Waals surface area contributed by atoms with E-state index in [9.17, 15) is 9.90 Å². The van der Waals surface area contributed by atoms with Gasteiger partial charge in [0.2, 0.25) is 0 Å². The summed E-state index contributed by atoms with van der Waals surface area (Å²) in [6.45, 7) is 4.07. The SMILES string of the molecule is CCC(N)C(CO)CNc1nc2ccccc2cc1C(=O)NC(C)N. The van der Waals surface area contributed by atoms with Crippen molar-refractivity contribution in [3.05, 3.63) is 35.9 Å². The van der Waals surface area contributed by atoms with Crippen LogP contribution < -0.4 is 22.1 Å². The molecule has 0 fully saturated rings. The second kappa shape index (κ2) is 8.75. The van der Waals surface area contributed by atoms with E-state index in [0.29, 0.717) is 17.9 Å². The summed E-state index contributed by atoms with van der Waals surface area (Å²) in [6, 6.07) is 9.24. The fraction of sp³-hybridized carbons (Fsp3) is 0.444. The van der Waals surface area contributed by atoms with E-state index in [1.165, 1.54) is 0 Å². The third-order valence-corrected chi connectivity index (χ3v) is 4.17. The maximum Gasteiger partial charge on any atom is 0.256 e. The molecule has 0 aliphatic rings. The Kier molecular flexibility index (Phi) is 6.69. The summed E-state index contributed by atoms with van der Waals surface area (Å²) >= 11 is 0. The van der Waals surface area contributed by atoms with Gasteiger partial charge in [0.05, 0.1) is 17.2 Å². The van der Waals surface area contributed by atoms with E-state index in [1.807, 2.05) is 31.2 Å². The molecule has 0 bridgehead atoms. The van der Waals surface area contributed by atoms with Crippen LogP contribution in [0, 0.1) is 5.92 Å². The van der Waals surface area contributed by atoms with Gasteiger partial charge in [0.15, 0.2) is 0 Å². The highest BCUT2D eigenvalue weighted by atomic mass is 16.3. The molecule has 0 aliphatic carbocycles. The van der Waals surface area contributed by atoms with Crippen molar-refractivity contribution in [3.8, 4) is 0 Å². The number of benzene rings is 1. The Balaban J connectivity index is 2.33. The van der Waals surface area contributed by atoms with Gasteiger partial charge in [-0.05, 0) is 25.5 Å². The van der Waals surface area contributed by atoms with Crippen LogP contribution in [-0.4, -0.2) is 41.4 Å². The standard InChI is InChI=1S/C18H27N5O2/c1-3-15(20)13(10-24)9-21-17-14(18(25)22-11(2)19)8-12-6-4-5-7-16(12)23-17/h4-8,11,13,15,24H,3,9-10,19-20H2,1-2H3,(H,21,23)(H,22,25). The first kappa shape index (κ1) is 19.1. The fourth-order valence-electron chi connectivity index (χ4n) is 2.62. The molecule has 0 saturated heterocycles. The van der Waals surface area contributed by atoms with Gasteiger partial charge in [-0.3, -0.25) is 4.79 Å². The molecule has 1 heterocycles. The fourth-order valence-corrected chi connectivity index (χ4v) is 2.62. The second-order valence-corrected chi connectivity index (χ2v) is 6.24. The summed E-state index contributed by atoms with van der Waals surface area (Å²) in [5.41, 5.74) is 12.9. The van der Waals surface area contributed by atoms with E-state index in [0.717, 1.165) is 17.3 Å². The van der Waals surface area contributed by atoms with Crippen molar-refractivity contribution in [3.63, 3.8) is 0 Å². The molecule has 1 aromatic heterocycles. The third kappa shape index (κ3) is 4.88. The number of pyridine rings is 1. The quantitative estimate of drug-likeness (QED) is 0.455. The minimum atomic E-state index is -0.467. The Morgan fingerprint density at radius 3 is 2.68 bits per heavy atom.